The molecule has 2 rings (SSSR count). The highest BCUT2D eigenvalue weighted by atomic mass is 35.5. The van der Waals surface area contributed by atoms with Gasteiger partial charge in [-0.15, -0.1) is 0 Å². The van der Waals surface area contributed by atoms with Gasteiger partial charge in [-0.3, -0.25) is 4.79 Å². The van der Waals surface area contributed by atoms with Crippen molar-refractivity contribution in [2.24, 2.45) is 0 Å². The fraction of sp³-hybridized carbons (Fsp3) is 0.111. The Morgan fingerprint density at radius 3 is 2.92 bits per heavy atom. The molecule has 2 aromatic rings. The number of benzene rings is 1. The Morgan fingerprint density at radius 2 is 2.23 bits per heavy atom. The molecule has 0 atom stereocenters. The lowest BCUT2D eigenvalue weighted by molar-refractivity contribution is 1.01. The molecule has 1 aromatic heterocycles. The van der Waals surface area contributed by atoms with E-state index in [9.17, 15) is 4.79 Å². The summed E-state index contributed by atoms with van der Waals surface area (Å²) in [7, 11) is 0. The van der Waals surface area contributed by atoms with Crippen molar-refractivity contribution >= 4 is 22.4 Å². The summed E-state index contributed by atoms with van der Waals surface area (Å²) in [5, 5.41) is 7.85. The summed E-state index contributed by atoms with van der Waals surface area (Å²) in [6.07, 6.45) is 1.61. The molecule has 0 aliphatic heterocycles. The third-order valence-corrected chi connectivity index (χ3v) is 2.31. The largest absolute Gasteiger partial charge is 0.273 e. The summed E-state index contributed by atoms with van der Waals surface area (Å²) in [5.74, 6) is 0. The molecular formula is C9H7ClN2O. The number of aryl methyl sites for hydroxylation is 1. The van der Waals surface area contributed by atoms with E-state index in [1.807, 2.05) is 13.0 Å². The minimum atomic E-state index is -0.244. The Bertz CT molecular complexity index is 518. The topological polar surface area (TPSA) is 45.8 Å². The lowest BCUT2D eigenvalue weighted by Crippen LogP contribution is -2.08. The van der Waals surface area contributed by atoms with Crippen LogP contribution in [0, 0.1) is 6.92 Å². The standard InChI is InChI=1S/C9H7ClN2O/c1-5-2-3-7(10)8-6(5)4-11-12-9(8)13/h2-4H,1H3,(H,12,13). The number of H-pyrrole nitrogens is 1. The van der Waals surface area contributed by atoms with E-state index in [1.165, 1.54) is 0 Å². The second-order valence-corrected chi connectivity index (χ2v) is 3.26. The van der Waals surface area contributed by atoms with Gasteiger partial charge in [0.15, 0.2) is 0 Å². The summed E-state index contributed by atoms with van der Waals surface area (Å²) in [6.45, 7) is 1.92. The molecule has 66 valence electrons. The van der Waals surface area contributed by atoms with Gasteiger partial charge in [0.1, 0.15) is 0 Å². The second kappa shape index (κ2) is 2.85. The predicted octanol–water partition coefficient (Wildman–Crippen LogP) is 1.88. The fourth-order valence-corrected chi connectivity index (χ4v) is 1.56. The van der Waals surface area contributed by atoms with Crippen molar-refractivity contribution in [2.45, 2.75) is 6.92 Å². The molecule has 3 nitrogen and oxygen atoms in total. The molecule has 0 saturated carbocycles. The Morgan fingerprint density at radius 1 is 1.46 bits per heavy atom. The Balaban J connectivity index is 3.09. The highest BCUT2D eigenvalue weighted by Gasteiger charge is 2.05. The van der Waals surface area contributed by atoms with Gasteiger partial charge in [-0.25, -0.2) is 5.10 Å². The quantitative estimate of drug-likeness (QED) is 0.696. The summed E-state index contributed by atoms with van der Waals surface area (Å²) >= 11 is 5.89. The molecule has 0 aliphatic rings. The van der Waals surface area contributed by atoms with Gasteiger partial charge >= 0.3 is 0 Å². The van der Waals surface area contributed by atoms with Gasteiger partial charge in [0, 0.05) is 5.39 Å². The molecule has 4 heteroatoms. The van der Waals surface area contributed by atoms with E-state index >= 15 is 0 Å². The number of halogens is 1. The van der Waals surface area contributed by atoms with Crippen LogP contribution in [0.4, 0.5) is 0 Å². The van der Waals surface area contributed by atoms with Crippen LogP contribution in [-0.4, -0.2) is 10.2 Å². The third-order valence-electron chi connectivity index (χ3n) is 2.00. The first kappa shape index (κ1) is 8.26. The number of nitrogens with one attached hydrogen (secondary N) is 1. The molecule has 0 saturated heterocycles. The van der Waals surface area contributed by atoms with E-state index in [1.54, 1.807) is 12.3 Å². The number of nitrogens with zero attached hydrogens (tertiary/aromatic N) is 1. The van der Waals surface area contributed by atoms with Gasteiger partial charge in [0.05, 0.1) is 16.6 Å². The second-order valence-electron chi connectivity index (χ2n) is 2.85. The number of aromatic amines is 1. The van der Waals surface area contributed by atoms with E-state index < -0.39 is 0 Å². The minimum Gasteiger partial charge on any atom is -0.267 e. The van der Waals surface area contributed by atoms with Crippen LogP contribution in [0.5, 0.6) is 0 Å². The molecule has 1 aromatic carbocycles. The van der Waals surface area contributed by atoms with Gasteiger partial charge in [-0.05, 0) is 18.6 Å². The predicted molar refractivity (Wildman–Crippen MR) is 52.1 cm³/mol. The van der Waals surface area contributed by atoms with Crippen LogP contribution >= 0.6 is 11.6 Å². The van der Waals surface area contributed by atoms with E-state index in [0.717, 1.165) is 10.9 Å². The first-order chi connectivity index (χ1) is 6.20. The van der Waals surface area contributed by atoms with Crippen molar-refractivity contribution in [3.8, 4) is 0 Å². The monoisotopic (exact) mass is 194 g/mol. The van der Waals surface area contributed by atoms with Crippen molar-refractivity contribution in [3.05, 3.63) is 39.3 Å². The zero-order valence-corrected chi connectivity index (χ0v) is 7.72. The highest BCUT2D eigenvalue weighted by Crippen LogP contribution is 2.21. The maximum atomic E-state index is 11.3. The van der Waals surface area contributed by atoms with Crippen LogP contribution < -0.4 is 5.56 Å². The van der Waals surface area contributed by atoms with Crippen molar-refractivity contribution in [2.75, 3.05) is 0 Å². The molecule has 13 heavy (non-hydrogen) atoms. The average molecular weight is 195 g/mol. The van der Waals surface area contributed by atoms with Gasteiger partial charge < -0.3 is 0 Å². The maximum absolute atomic E-state index is 11.3. The Kier molecular flexibility index (Phi) is 1.81. The van der Waals surface area contributed by atoms with Gasteiger partial charge in [-0.1, -0.05) is 17.7 Å². The zero-order chi connectivity index (χ0) is 9.42. The first-order valence-electron chi connectivity index (χ1n) is 3.82. The molecule has 0 amide bonds. The van der Waals surface area contributed by atoms with Crippen LogP contribution in [0.15, 0.2) is 23.1 Å². The number of rotatable bonds is 0. The fourth-order valence-electron chi connectivity index (χ4n) is 1.31. The average Bonchev–Trinajstić information content (AvgIpc) is 2.12. The summed E-state index contributed by atoms with van der Waals surface area (Å²) in [5.41, 5.74) is 0.754. The number of fused-ring (bicyclic) bond motifs is 1. The van der Waals surface area contributed by atoms with Crippen molar-refractivity contribution in [1.29, 1.82) is 0 Å². The number of aromatic nitrogens is 2. The third kappa shape index (κ3) is 1.21. The molecular weight excluding hydrogens is 188 g/mol. The summed E-state index contributed by atoms with van der Waals surface area (Å²) in [4.78, 5) is 11.3. The van der Waals surface area contributed by atoms with Crippen molar-refractivity contribution in [1.82, 2.24) is 10.2 Å². The number of hydrogen-bond donors (Lipinski definition) is 1. The van der Waals surface area contributed by atoms with Crippen LogP contribution in [-0.2, 0) is 0 Å². The molecule has 0 spiro atoms. The van der Waals surface area contributed by atoms with Crippen LogP contribution in [0.2, 0.25) is 5.02 Å². The van der Waals surface area contributed by atoms with Crippen LogP contribution in [0.25, 0.3) is 10.8 Å². The van der Waals surface area contributed by atoms with Crippen LogP contribution in [0.3, 0.4) is 0 Å². The molecule has 1 heterocycles. The lowest BCUT2D eigenvalue weighted by atomic mass is 10.1. The molecule has 0 unspecified atom stereocenters. The summed E-state index contributed by atoms with van der Waals surface area (Å²) in [6, 6.07) is 3.58. The highest BCUT2D eigenvalue weighted by molar-refractivity contribution is 6.35. The minimum absolute atomic E-state index is 0.244. The molecule has 0 fully saturated rings. The van der Waals surface area contributed by atoms with E-state index in [4.69, 9.17) is 11.6 Å². The van der Waals surface area contributed by atoms with E-state index in [0.29, 0.717) is 10.4 Å². The summed E-state index contributed by atoms with van der Waals surface area (Å²) < 4.78 is 0. The van der Waals surface area contributed by atoms with Gasteiger partial charge in [0.25, 0.3) is 5.56 Å². The lowest BCUT2D eigenvalue weighted by Gasteiger charge is -2.00. The van der Waals surface area contributed by atoms with Gasteiger partial charge in [0.2, 0.25) is 0 Å². The molecule has 0 bridgehead atoms. The maximum Gasteiger partial charge on any atom is 0.273 e. The zero-order valence-electron chi connectivity index (χ0n) is 6.97. The molecule has 0 aliphatic carbocycles. The molecule has 1 N–H and O–H groups in total. The van der Waals surface area contributed by atoms with Crippen molar-refractivity contribution in [3.63, 3.8) is 0 Å². The van der Waals surface area contributed by atoms with Crippen LogP contribution in [0.1, 0.15) is 5.56 Å². The van der Waals surface area contributed by atoms with E-state index in [-0.39, 0.29) is 5.56 Å². The van der Waals surface area contributed by atoms with E-state index in [2.05, 4.69) is 10.2 Å². The SMILES string of the molecule is Cc1ccc(Cl)c2c(=O)[nH]ncc12. The van der Waals surface area contributed by atoms with Gasteiger partial charge in [-0.2, -0.15) is 5.10 Å². The Labute approximate surface area is 79.4 Å². The normalized spacial score (nSPS) is 10.6. The van der Waals surface area contributed by atoms with Crippen molar-refractivity contribution < 1.29 is 0 Å². The molecule has 0 radical (unpaired) electrons. The first-order valence-corrected chi connectivity index (χ1v) is 4.20. The Hall–Kier alpha value is -1.35. The number of hydrogen-bond acceptors (Lipinski definition) is 2. The smallest absolute Gasteiger partial charge is 0.267 e.